The fourth-order valence-electron chi connectivity index (χ4n) is 5.74. The van der Waals surface area contributed by atoms with Crippen LogP contribution in [0.4, 0.5) is 0 Å². The quantitative estimate of drug-likeness (QED) is 0.220. The molecule has 0 spiro atoms. The average molecular weight is 581 g/mol. The van der Waals surface area contributed by atoms with Crippen LogP contribution in [0.1, 0.15) is 90.4 Å². The predicted octanol–water partition coefficient (Wildman–Crippen LogP) is 1.36. The zero-order valence-corrected chi connectivity index (χ0v) is 24.3. The molecule has 40 heavy (non-hydrogen) atoms. The predicted molar refractivity (Wildman–Crippen MR) is 148 cm³/mol. The van der Waals surface area contributed by atoms with E-state index in [2.05, 4.69) is 17.0 Å². The van der Waals surface area contributed by atoms with E-state index in [0.29, 0.717) is 25.9 Å². The highest BCUT2D eigenvalue weighted by Gasteiger charge is 2.62. The molecule has 4 fully saturated rings. The number of hydrogen-bond donors (Lipinski definition) is 3. The van der Waals surface area contributed by atoms with Gasteiger partial charge in [0.05, 0.1) is 11.4 Å². The summed E-state index contributed by atoms with van der Waals surface area (Å²) in [5, 5.41) is 12.5. The van der Waals surface area contributed by atoms with Crippen molar-refractivity contribution in [2.45, 2.75) is 113 Å². The number of rotatable bonds is 13. The highest BCUT2D eigenvalue weighted by atomic mass is 32.2. The zero-order chi connectivity index (χ0) is 28.9. The summed E-state index contributed by atoms with van der Waals surface area (Å²) in [6.45, 7) is 3.45. The third kappa shape index (κ3) is 7.43. The number of aliphatic hydroxyl groups excluding tert-OH is 1. The minimum absolute atomic E-state index is 0.00718. The summed E-state index contributed by atoms with van der Waals surface area (Å²) in [7, 11) is -3.81. The lowest BCUT2D eigenvalue weighted by Gasteiger charge is -2.28. The first-order valence-electron chi connectivity index (χ1n) is 14.9. The summed E-state index contributed by atoms with van der Waals surface area (Å²) >= 11 is 0. The SMILES string of the molecule is CCCCCC=CC1CC1(NC(=O)C1CC(O)CN1C(=O)CCC(=O)N1CCCCC1)C(=O)NS(=O)(=O)C1CC1. The number of hydrogen-bond acceptors (Lipinski definition) is 7. The number of carbonyl (C=O) groups is 4. The molecule has 224 valence electrons. The molecule has 0 aromatic rings. The molecular formula is C28H44N4O7S. The van der Waals surface area contributed by atoms with E-state index in [1.54, 1.807) is 4.90 Å². The first-order valence-corrected chi connectivity index (χ1v) is 16.4. The molecule has 0 aromatic carbocycles. The second-order valence-electron chi connectivity index (χ2n) is 11.8. The number of likely N-dealkylation sites (tertiary alicyclic amines) is 2. The summed E-state index contributed by atoms with van der Waals surface area (Å²) in [4.78, 5) is 55.4. The molecule has 11 nitrogen and oxygen atoms in total. The van der Waals surface area contributed by atoms with Crippen molar-refractivity contribution in [1.29, 1.82) is 0 Å². The largest absolute Gasteiger partial charge is 0.391 e. The van der Waals surface area contributed by atoms with Gasteiger partial charge in [-0.3, -0.25) is 23.9 Å². The van der Waals surface area contributed by atoms with E-state index in [1.165, 1.54) is 4.90 Å². The standard InChI is InChI=1S/C28H44N4O7S/c1-2-3-4-5-7-10-20-18-28(20,27(37)30-40(38,39)22-11-12-22)29-26(36)23-17-21(33)19-32(23)25(35)14-13-24(34)31-15-8-6-9-16-31/h7,10,20-23,33H,2-6,8-9,11-19H2,1H3,(H,29,36)(H,30,37). The smallest absolute Gasteiger partial charge is 0.259 e. The van der Waals surface area contributed by atoms with E-state index >= 15 is 0 Å². The number of amides is 4. The molecular weight excluding hydrogens is 536 g/mol. The maximum Gasteiger partial charge on any atom is 0.259 e. The van der Waals surface area contributed by atoms with Crippen LogP contribution in [0.3, 0.4) is 0 Å². The maximum atomic E-state index is 13.5. The molecule has 2 aliphatic carbocycles. The lowest BCUT2D eigenvalue weighted by Crippen LogP contribution is -2.56. The van der Waals surface area contributed by atoms with Gasteiger partial charge in [-0.2, -0.15) is 0 Å². The highest BCUT2D eigenvalue weighted by molar-refractivity contribution is 7.91. The van der Waals surface area contributed by atoms with Crippen LogP contribution < -0.4 is 10.0 Å². The molecule has 0 radical (unpaired) electrons. The Bertz CT molecular complexity index is 1100. The Balaban J connectivity index is 1.40. The molecule has 4 rings (SSSR count). The van der Waals surface area contributed by atoms with E-state index in [4.69, 9.17) is 0 Å². The Labute approximate surface area is 237 Å². The number of sulfonamides is 1. The van der Waals surface area contributed by atoms with Gasteiger partial charge >= 0.3 is 0 Å². The Hall–Kier alpha value is -2.47. The van der Waals surface area contributed by atoms with Crippen LogP contribution in [0.15, 0.2) is 12.2 Å². The van der Waals surface area contributed by atoms with Crippen molar-refractivity contribution in [3.63, 3.8) is 0 Å². The fraction of sp³-hybridized carbons (Fsp3) is 0.786. The van der Waals surface area contributed by atoms with Gasteiger partial charge in [0, 0.05) is 44.8 Å². The summed E-state index contributed by atoms with van der Waals surface area (Å²) in [5.74, 6) is -2.23. The molecule has 2 heterocycles. The second kappa shape index (κ2) is 13.0. The number of piperidine rings is 1. The molecule has 4 atom stereocenters. The minimum Gasteiger partial charge on any atom is -0.391 e. The minimum atomic E-state index is -3.81. The van der Waals surface area contributed by atoms with Gasteiger partial charge in [-0.1, -0.05) is 31.9 Å². The number of unbranched alkanes of at least 4 members (excludes halogenated alkanes) is 3. The highest BCUT2D eigenvalue weighted by Crippen LogP contribution is 2.46. The third-order valence-electron chi connectivity index (χ3n) is 8.47. The van der Waals surface area contributed by atoms with Crippen molar-refractivity contribution in [1.82, 2.24) is 19.8 Å². The summed E-state index contributed by atoms with van der Waals surface area (Å²) in [6.07, 6.45) is 11.1. The number of β-amino-alcohol motifs (C(OH)–C–C–N with tert-alkyl or cyclic N) is 1. The topological polar surface area (TPSA) is 153 Å². The van der Waals surface area contributed by atoms with Gasteiger partial charge in [-0.05, 0) is 51.4 Å². The van der Waals surface area contributed by atoms with Crippen LogP contribution in [0.5, 0.6) is 0 Å². The van der Waals surface area contributed by atoms with Gasteiger partial charge in [0.25, 0.3) is 5.91 Å². The molecule has 2 saturated carbocycles. The molecule has 0 bridgehead atoms. The number of aliphatic hydroxyl groups is 1. The summed E-state index contributed by atoms with van der Waals surface area (Å²) in [6, 6.07) is -1.01. The molecule has 3 N–H and O–H groups in total. The summed E-state index contributed by atoms with van der Waals surface area (Å²) < 4.78 is 27.2. The third-order valence-corrected chi connectivity index (χ3v) is 10.3. The van der Waals surface area contributed by atoms with Gasteiger partial charge < -0.3 is 20.2 Å². The molecule has 2 aliphatic heterocycles. The lowest BCUT2D eigenvalue weighted by atomic mass is 10.1. The number of nitrogens with one attached hydrogen (secondary N) is 2. The van der Waals surface area contributed by atoms with Crippen molar-refractivity contribution in [2.24, 2.45) is 5.92 Å². The molecule has 2 saturated heterocycles. The Morgan fingerprint density at radius 3 is 2.40 bits per heavy atom. The van der Waals surface area contributed by atoms with Gasteiger partial charge in [-0.15, -0.1) is 0 Å². The van der Waals surface area contributed by atoms with Crippen LogP contribution >= 0.6 is 0 Å². The number of carbonyl (C=O) groups excluding carboxylic acids is 4. The van der Waals surface area contributed by atoms with Crippen molar-refractivity contribution >= 4 is 33.7 Å². The van der Waals surface area contributed by atoms with E-state index in [0.717, 1.165) is 44.9 Å². The van der Waals surface area contributed by atoms with Crippen molar-refractivity contribution in [3.05, 3.63) is 12.2 Å². The lowest BCUT2D eigenvalue weighted by molar-refractivity contribution is -0.141. The Morgan fingerprint density at radius 1 is 1.02 bits per heavy atom. The number of allylic oxidation sites excluding steroid dienone is 1. The average Bonchev–Trinajstić information content (AvgIpc) is 3.85. The monoisotopic (exact) mass is 580 g/mol. The molecule has 4 aliphatic rings. The molecule has 0 aromatic heterocycles. The van der Waals surface area contributed by atoms with Crippen molar-refractivity contribution in [3.8, 4) is 0 Å². The van der Waals surface area contributed by atoms with Gasteiger partial charge in [0.15, 0.2) is 0 Å². The Morgan fingerprint density at radius 2 is 1.73 bits per heavy atom. The molecule has 4 amide bonds. The Kier molecular flexibility index (Phi) is 9.92. The van der Waals surface area contributed by atoms with Crippen molar-refractivity contribution < 1.29 is 32.7 Å². The number of nitrogens with zero attached hydrogens (tertiary/aromatic N) is 2. The van der Waals surface area contributed by atoms with Gasteiger partial charge in [0.2, 0.25) is 27.7 Å². The van der Waals surface area contributed by atoms with E-state index < -0.39 is 50.7 Å². The van der Waals surface area contributed by atoms with E-state index in [1.807, 2.05) is 12.2 Å². The first-order chi connectivity index (χ1) is 19.1. The van der Waals surface area contributed by atoms with Crippen LogP contribution in [0, 0.1) is 5.92 Å². The zero-order valence-electron chi connectivity index (χ0n) is 23.5. The molecule has 12 heteroatoms. The van der Waals surface area contributed by atoms with Crippen LogP contribution in [0.2, 0.25) is 0 Å². The second-order valence-corrected chi connectivity index (χ2v) is 13.7. The van der Waals surface area contributed by atoms with Gasteiger partial charge in [0.1, 0.15) is 11.6 Å². The van der Waals surface area contributed by atoms with Crippen LogP contribution in [-0.4, -0.2) is 89.5 Å². The summed E-state index contributed by atoms with van der Waals surface area (Å²) in [5.41, 5.74) is -1.42. The molecule has 4 unspecified atom stereocenters. The maximum absolute atomic E-state index is 13.5. The fourth-order valence-corrected chi connectivity index (χ4v) is 7.10. The first kappa shape index (κ1) is 30.5. The van der Waals surface area contributed by atoms with Gasteiger partial charge in [-0.25, -0.2) is 8.42 Å². The van der Waals surface area contributed by atoms with Crippen LogP contribution in [0.25, 0.3) is 0 Å². The van der Waals surface area contributed by atoms with E-state index in [-0.39, 0.29) is 44.1 Å². The van der Waals surface area contributed by atoms with Crippen molar-refractivity contribution in [2.75, 3.05) is 19.6 Å². The van der Waals surface area contributed by atoms with E-state index in [9.17, 15) is 32.7 Å². The normalized spacial score (nSPS) is 28.5. The van der Waals surface area contributed by atoms with Crippen LogP contribution in [-0.2, 0) is 29.2 Å².